The fourth-order valence-electron chi connectivity index (χ4n) is 1.62. The van der Waals surface area contributed by atoms with Crippen LogP contribution in [0.2, 0.25) is 0 Å². The van der Waals surface area contributed by atoms with Crippen molar-refractivity contribution in [2.75, 3.05) is 32.5 Å². The van der Waals surface area contributed by atoms with Crippen LogP contribution in [-0.4, -0.2) is 53.1 Å². The molecule has 0 saturated carbocycles. The third-order valence-electron chi connectivity index (χ3n) is 2.64. The van der Waals surface area contributed by atoms with Gasteiger partial charge in [0.15, 0.2) is 0 Å². The van der Waals surface area contributed by atoms with Crippen molar-refractivity contribution in [1.29, 1.82) is 0 Å². The standard InChI is InChI=1S/C12H18N4O4/c1-15(2)6-4-3-5-13-11-10(12(17)18)7-9(8-14-11)16(19)20/h7-8H,3-6H2,1-2H3,(H,13,14)(H,17,18). The van der Waals surface area contributed by atoms with Crippen LogP contribution >= 0.6 is 0 Å². The molecule has 0 bridgehead atoms. The molecular formula is C12H18N4O4. The molecule has 1 rings (SSSR count). The van der Waals surface area contributed by atoms with Crippen molar-refractivity contribution in [3.63, 3.8) is 0 Å². The van der Waals surface area contributed by atoms with Gasteiger partial charge in [0.1, 0.15) is 17.6 Å². The van der Waals surface area contributed by atoms with Gasteiger partial charge in [-0.25, -0.2) is 9.78 Å². The van der Waals surface area contributed by atoms with E-state index in [1.165, 1.54) is 0 Å². The van der Waals surface area contributed by atoms with Crippen LogP contribution in [0.5, 0.6) is 0 Å². The highest BCUT2D eigenvalue weighted by Gasteiger charge is 2.17. The number of carboxylic acid groups (broad SMARTS) is 1. The third-order valence-corrected chi connectivity index (χ3v) is 2.64. The van der Waals surface area contributed by atoms with Crippen LogP contribution in [0.25, 0.3) is 0 Å². The molecule has 1 aromatic rings. The third kappa shape index (κ3) is 4.81. The highest BCUT2D eigenvalue weighted by atomic mass is 16.6. The predicted octanol–water partition coefficient (Wildman–Crippen LogP) is 1.44. The van der Waals surface area contributed by atoms with Crippen molar-refractivity contribution in [1.82, 2.24) is 9.88 Å². The summed E-state index contributed by atoms with van der Waals surface area (Å²) in [4.78, 5) is 26.9. The maximum atomic E-state index is 11.1. The topological polar surface area (TPSA) is 109 Å². The van der Waals surface area contributed by atoms with E-state index in [1.807, 2.05) is 14.1 Å². The molecular weight excluding hydrogens is 264 g/mol. The number of nitrogens with zero attached hydrogens (tertiary/aromatic N) is 3. The summed E-state index contributed by atoms with van der Waals surface area (Å²) in [7, 11) is 3.96. The van der Waals surface area contributed by atoms with Crippen LogP contribution in [0.15, 0.2) is 12.3 Å². The summed E-state index contributed by atoms with van der Waals surface area (Å²) in [5, 5.41) is 22.5. The minimum Gasteiger partial charge on any atom is -0.478 e. The summed E-state index contributed by atoms with van der Waals surface area (Å²) in [6.07, 6.45) is 2.87. The largest absolute Gasteiger partial charge is 0.478 e. The van der Waals surface area contributed by atoms with E-state index in [0.29, 0.717) is 6.54 Å². The Morgan fingerprint density at radius 1 is 1.50 bits per heavy atom. The van der Waals surface area contributed by atoms with Gasteiger partial charge in [-0.05, 0) is 33.5 Å². The molecule has 0 aliphatic carbocycles. The number of pyridine rings is 1. The van der Waals surface area contributed by atoms with Crippen LogP contribution in [0, 0.1) is 10.1 Å². The summed E-state index contributed by atoms with van der Waals surface area (Å²) >= 11 is 0. The molecule has 1 heterocycles. The average Bonchev–Trinajstić information content (AvgIpc) is 2.37. The Bertz CT molecular complexity index is 490. The average molecular weight is 282 g/mol. The van der Waals surface area contributed by atoms with Crippen molar-refractivity contribution in [3.05, 3.63) is 27.9 Å². The molecule has 0 aliphatic heterocycles. The Morgan fingerprint density at radius 2 is 2.20 bits per heavy atom. The number of carboxylic acids is 1. The Balaban J connectivity index is 2.65. The van der Waals surface area contributed by atoms with E-state index in [9.17, 15) is 14.9 Å². The van der Waals surface area contributed by atoms with Crippen molar-refractivity contribution in [3.8, 4) is 0 Å². The van der Waals surface area contributed by atoms with Gasteiger partial charge in [0.2, 0.25) is 0 Å². The predicted molar refractivity (Wildman–Crippen MR) is 74.1 cm³/mol. The van der Waals surface area contributed by atoms with Gasteiger partial charge in [-0.15, -0.1) is 0 Å². The van der Waals surface area contributed by atoms with Crippen molar-refractivity contribution in [2.45, 2.75) is 12.8 Å². The Labute approximate surface area is 116 Å². The van der Waals surface area contributed by atoms with E-state index in [0.717, 1.165) is 31.6 Å². The summed E-state index contributed by atoms with van der Waals surface area (Å²) in [6.45, 7) is 1.51. The first kappa shape index (κ1) is 15.8. The van der Waals surface area contributed by atoms with Crippen LogP contribution < -0.4 is 5.32 Å². The van der Waals surface area contributed by atoms with E-state index >= 15 is 0 Å². The highest BCUT2D eigenvalue weighted by molar-refractivity contribution is 5.93. The molecule has 0 aliphatic rings. The van der Waals surface area contributed by atoms with E-state index in [4.69, 9.17) is 5.11 Å². The fraction of sp³-hybridized carbons (Fsp3) is 0.500. The molecule has 8 heteroatoms. The second kappa shape index (κ2) is 7.39. The first-order chi connectivity index (χ1) is 9.41. The summed E-state index contributed by atoms with van der Waals surface area (Å²) in [5.74, 6) is -1.08. The first-order valence-electron chi connectivity index (χ1n) is 6.18. The smallest absolute Gasteiger partial charge is 0.339 e. The number of nitrogens with one attached hydrogen (secondary N) is 1. The Kier molecular flexibility index (Phi) is 5.85. The van der Waals surface area contributed by atoms with Gasteiger partial charge in [0.05, 0.1) is 4.92 Å². The number of anilines is 1. The lowest BCUT2D eigenvalue weighted by atomic mass is 10.2. The van der Waals surface area contributed by atoms with E-state index in [1.54, 1.807) is 0 Å². The number of nitro groups is 1. The molecule has 1 aromatic heterocycles. The van der Waals surface area contributed by atoms with E-state index < -0.39 is 10.9 Å². The number of aromatic carboxylic acids is 1. The van der Waals surface area contributed by atoms with Crippen LogP contribution in [-0.2, 0) is 0 Å². The van der Waals surface area contributed by atoms with Gasteiger partial charge >= 0.3 is 5.97 Å². The van der Waals surface area contributed by atoms with Gasteiger partial charge in [0.25, 0.3) is 5.69 Å². The van der Waals surface area contributed by atoms with Crippen LogP contribution in [0.3, 0.4) is 0 Å². The van der Waals surface area contributed by atoms with Gasteiger partial charge in [0, 0.05) is 12.6 Å². The van der Waals surface area contributed by atoms with Crippen molar-refractivity contribution in [2.24, 2.45) is 0 Å². The molecule has 110 valence electrons. The molecule has 0 spiro atoms. The minimum atomic E-state index is -1.24. The van der Waals surface area contributed by atoms with E-state index in [2.05, 4.69) is 15.2 Å². The lowest BCUT2D eigenvalue weighted by Gasteiger charge is -2.10. The van der Waals surface area contributed by atoms with Gasteiger partial charge < -0.3 is 15.3 Å². The normalized spacial score (nSPS) is 10.6. The molecule has 0 atom stereocenters. The second-order valence-electron chi connectivity index (χ2n) is 4.59. The highest BCUT2D eigenvalue weighted by Crippen LogP contribution is 2.19. The molecule has 8 nitrogen and oxygen atoms in total. The Hall–Kier alpha value is -2.22. The fourth-order valence-corrected chi connectivity index (χ4v) is 1.62. The molecule has 0 saturated heterocycles. The molecule has 0 unspecified atom stereocenters. The zero-order valence-corrected chi connectivity index (χ0v) is 11.5. The number of rotatable bonds is 8. The van der Waals surface area contributed by atoms with Gasteiger partial charge in [-0.1, -0.05) is 0 Å². The lowest BCUT2D eigenvalue weighted by molar-refractivity contribution is -0.385. The van der Waals surface area contributed by atoms with Crippen molar-refractivity contribution >= 4 is 17.5 Å². The van der Waals surface area contributed by atoms with E-state index in [-0.39, 0.29) is 17.1 Å². The summed E-state index contributed by atoms with van der Waals surface area (Å²) < 4.78 is 0. The Morgan fingerprint density at radius 3 is 2.75 bits per heavy atom. The first-order valence-corrected chi connectivity index (χ1v) is 6.18. The maximum absolute atomic E-state index is 11.1. The molecule has 0 amide bonds. The summed E-state index contributed by atoms with van der Waals surface area (Å²) in [5.41, 5.74) is -0.521. The SMILES string of the molecule is CN(C)CCCCNc1ncc([N+](=O)[O-])cc1C(=O)O. The molecule has 20 heavy (non-hydrogen) atoms. The molecule has 0 fully saturated rings. The second-order valence-corrected chi connectivity index (χ2v) is 4.59. The summed E-state index contributed by atoms with van der Waals surface area (Å²) in [6, 6.07) is 1.01. The number of unbranched alkanes of at least 4 members (excludes halogenated alkanes) is 1. The number of aromatic nitrogens is 1. The lowest BCUT2D eigenvalue weighted by Crippen LogP contribution is -2.15. The molecule has 2 N–H and O–H groups in total. The number of carbonyl (C=O) groups is 1. The monoisotopic (exact) mass is 282 g/mol. The van der Waals surface area contributed by atoms with Crippen molar-refractivity contribution < 1.29 is 14.8 Å². The van der Waals surface area contributed by atoms with Crippen LogP contribution in [0.1, 0.15) is 23.2 Å². The zero-order valence-electron chi connectivity index (χ0n) is 11.5. The molecule has 0 aromatic carbocycles. The number of hydrogen-bond donors (Lipinski definition) is 2. The van der Waals surface area contributed by atoms with Gasteiger partial charge in [-0.3, -0.25) is 10.1 Å². The quantitative estimate of drug-likeness (QED) is 0.422. The zero-order chi connectivity index (χ0) is 15.1. The molecule has 0 radical (unpaired) electrons. The minimum absolute atomic E-state index is 0.160. The van der Waals surface area contributed by atoms with Crippen LogP contribution in [0.4, 0.5) is 11.5 Å². The maximum Gasteiger partial charge on any atom is 0.339 e. The number of hydrogen-bond acceptors (Lipinski definition) is 6. The van der Waals surface area contributed by atoms with Gasteiger partial charge in [-0.2, -0.15) is 0 Å².